The molecule has 0 aromatic carbocycles. The van der Waals surface area contributed by atoms with Crippen LogP contribution in [0.15, 0.2) is 22.9 Å². The number of rotatable bonds is 2. The summed E-state index contributed by atoms with van der Waals surface area (Å²) < 4.78 is 5.19. The topological polar surface area (TPSA) is 78.8 Å². The lowest BCUT2D eigenvalue weighted by Crippen LogP contribution is -2.18. The van der Waals surface area contributed by atoms with Crippen molar-refractivity contribution >= 4 is 5.95 Å². The van der Waals surface area contributed by atoms with Crippen molar-refractivity contribution in [2.45, 2.75) is 12.8 Å². The Bertz CT molecular complexity index is 577. The predicted molar refractivity (Wildman–Crippen MR) is 63.7 cm³/mol. The van der Waals surface area contributed by atoms with E-state index < -0.39 is 0 Å². The van der Waals surface area contributed by atoms with Crippen LogP contribution in [-0.2, 0) is 0 Å². The third-order valence-electron chi connectivity index (χ3n) is 2.92. The van der Waals surface area contributed by atoms with Crippen molar-refractivity contribution in [1.82, 2.24) is 15.1 Å². The number of nitriles is 1. The van der Waals surface area contributed by atoms with Gasteiger partial charge in [-0.25, -0.2) is 4.98 Å². The first-order valence-corrected chi connectivity index (χ1v) is 5.82. The van der Waals surface area contributed by atoms with Gasteiger partial charge >= 0.3 is 0 Å². The van der Waals surface area contributed by atoms with Crippen LogP contribution in [-0.4, -0.2) is 28.2 Å². The molecular weight excluding hydrogens is 230 g/mol. The van der Waals surface area contributed by atoms with Gasteiger partial charge in [0.1, 0.15) is 11.8 Å². The molecule has 6 heteroatoms. The normalized spacial score (nSPS) is 14.7. The highest BCUT2D eigenvalue weighted by Gasteiger charge is 2.18. The minimum absolute atomic E-state index is 0.390. The maximum absolute atomic E-state index is 8.70. The highest BCUT2D eigenvalue weighted by atomic mass is 16.5. The van der Waals surface area contributed by atoms with Crippen LogP contribution in [0.1, 0.15) is 18.4 Å². The van der Waals surface area contributed by atoms with E-state index in [0.29, 0.717) is 23.1 Å². The molecule has 3 heterocycles. The Morgan fingerprint density at radius 2 is 2.11 bits per heavy atom. The lowest BCUT2D eigenvalue weighted by molar-refractivity contribution is 0.429. The highest BCUT2D eigenvalue weighted by Crippen LogP contribution is 2.21. The Morgan fingerprint density at radius 3 is 2.78 bits per heavy atom. The summed E-state index contributed by atoms with van der Waals surface area (Å²) in [7, 11) is 0. The standard InChI is InChI=1S/C12H11N5O/c13-7-9-3-4-10(14-8-9)11-15-12(16-18-11)17-5-1-2-6-17/h3-4,8H,1-2,5-6H2. The summed E-state index contributed by atoms with van der Waals surface area (Å²) in [5.41, 5.74) is 1.10. The van der Waals surface area contributed by atoms with Crippen LogP contribution in [0, 0.1) is 11.3 Å². The molecule has 1 fully saturated rings. The quantitative estimate of drug-likeness (QED) is 0.794. The minimum Gasteiger partial charge on any atom is -0.338 e. The van der Waals surface area contributed by atoms with E-state index >= 15 is 0 Å². The van der Waals surface area contributed by atoms with Gasteiger partial charge in [0.05, 0.1) is 5.56 Å². The molecule has 2 aromatic heterocycles. The molecule has 0 spiro atoms. The fraction of sp³-hybridized carbons (Fsp3) is 0.333. The number of nitrogens with zero attached hydrogens (tertiary/aromatic N) is 5. The largest absolute Gasteiger partial charge is 0.338 e. The van der Waals surface area contributed by atoms with Crippen LogP contribution in [0.4, 0.5) is 5.95 Å². The Morgan fingerprint density at radius 1 is 1.28 bits per heavy atom. The second kappa shape index (κ2) is 4.45. The molecule has 0 radical (unpaired) electrons. The molecule has 6 nitrogen and oxygen atoms in total. The summed E-state index contributed by atoms with van der Waals surface area (Å²) in [5, 5.41) is 12.7. The molecule has 0 unspecified atom stereocenters. The monoisotopic (exact) mass is 241 g/mol. The first-order chi connectivity index (χ1) is 8.86. The van der Waals surface area contributed by atoms with Crippen molar-refractivity contribution in [2.24, 2.45) is 0 Å². The van der Waals surface area contributed by atoms with Crippen molar-refractivity contribution in [3.8, 4) is 17.7 Å². The van der Waals surface area contributed by atoms with Crippen molar-refractivity contribution in [3.05, 3.63) is 23.9 Å². The summed E-state index contributed by atoms with van der Waals surface area (Å²) in [4.78, 5) is 10.5. The van der Waals surface area contributed by atoms with Gasteiger partial charge in [-0.1, -0.05) is 0 Å². The summed E-state index contributed by atoms with van der Waals surface area (Å²) in [6.45, 7) is 1.94. The average molecular weight is 241 g/mol. The van der Waals surface area contributed by atoms with Crippen molar-refractivity contribution < 1.29 is 4.52 Å². The first-order valence-electron chi connectivity index (χ1n) is 5.82. The van der Waals surface area contributed by atoms with Gasteiger partial charge in [-0.3, -0.25) is 0 Å². The smallest absolute Gasteiger partial charge is 0.278 e. The molecule has 0 amide bonds. The Kier molecular flexibility index (Phi) is 2.65. The number of aromatic nitrogens is 3. The molecule has 0 atom stereocenters. The summed E-state index contributed by atoms with van der Waals surface area (Å²) in [6, 6.07) is 5.41. The van der Waals surface area contributed by atoms with E-state index in [0.717, 1.165) is 13.1 Å². The summed E-state index contributed by atoms with van der Waals surface area (Å²) in [6.07, 6.45) is 3.83. The lowest BCUT2D eigenvalue weighted by Gasteiger charge is -2.09. The van der Waals surface area contributed by atoms with Crippen LogP contribution >= 0.6 is 0 Å². The van der Waals surface area contributed by atoms with Crippen LogP contribution in [0.2, 0.25) is 0 Å². The molecule has 90 valence electrons. The van der Waals surface area contributed by atoms with Gasteiger partial charge in [-0.2, -0.15) is 10.2 Å². The van der Waals surface area contributed by atoms with E-state index in [1.807, 2.05) is 6.07 Å². The van der Waals surface area contributed by atoms with Gasteiger partial charge in [0.15, 0.2) is 0 Å². The molecule has 0 saturated carbocycles. The van der Waals surface area contributed by atoms with E-state index in [4.69, 9.17) is 9.78 Å². The Balaban J connectivity index is 1.85. The average Bonchev–Trinajstić information content (AvgIpc) is 3.09. The fourth-order valence-corrected chi connectivity index (χ4v) is 1.95. The van der Waals surface area contributed by atoms with Gasteiger partial charge in [-0.05, 0) is 30.1 Å². The molecule has 1 aliphatic rings. The minimum atomic E-state index is 0.390. The predicted octanol–water partition coefficient (Wildman–Crippen LogP) is 1.60. The number of hydrogen-bond donors (Lipinski definition) is 0. The molecule has 3 rings (SSSR count). The summed E-state index contributed by atoms with van der Waals surface area (Å²) in [5.74, 6) is 1.01. The van der Waals surface area contributed by atoms with Gasteiger partial charge in [0.25, 0.3) is 11.8 Å². The zero-order valence-corrected chi connectivity index (χ0v) is 9.70. The zero-order valence-electron chi connectivity index (χ0n) is 9.70. The van der Waals surface area contributed by atoms with Gasteiger partial charge in [-0.15, -0.1) is 0 Å². The second-order valence-electron chi connectivity index (χ2n) is 4.14. The molecule has 1 saturated heterocycles. The molecule has 0 N–H and O–H groups in total. The van der Waals surface area contributed by atoms with E-state index in [1.165, 1.54) is 19.0 Å². The molecule has 0 aliphatic carbocycles. The van der Waals surface area contributed by atoms with E-state index in [-0.39, 0.29) is 0 Å². The van der Waals surface area contributed by atoms with Crippen LogP contribution < -0.4 is 4.90 Å². The van der Waals surface area contributed by atoms with Crippen LogP contribution in [0.25, 0.3) is 11.6 Å². The summed E-state index contributed by atoms with van der Waals surface area (Å²) >= 11 is 0. The van der Waals surface area contributed by atoms with Crippen molar-refractivity contribution in [1.29, 1.82) is 5.26 Å². The maximum atomic E-state index is 8.70. The number of hydrogen-bond acceptors (Lipinski definition) is 6. The third-order valence-corrected chi connectivity index (χ3v) is 2.92. The Labute approximate surface area is 104 Å². The van der Waals surface area contributed by atoms with Crippen molar-refractivity contribution in [2.75, 3.05) is 18.0 Å². The Hall–Kier alpha value is -2.42. The lowest BCUT2D eigenvalue weighted by atomic mass is 10.3. The van der Waals surface area contributed by atoms with Gasteiger partial charge < -0.3 is 9.42 Å². The van der Waals surface area contributed by atoms with E-state index in [9.17, 15) is 0 Å². The molecular formula is C12H11N5O. The maximum Gasteiger partial charge on any atom is 0.278 e. The van der Waals surface area contributed by atoms with Crippen LogP contribution in [0.5, 0.6) is 0 Å². The third kappa shape index (κ3) is 1.91. The van der Waals surface area contributed by atoms with E-state index in [1.54, 1.807) is 12.1 Å². The molecule has 18 heavy (non-hydrogen) atoms. The number of anilines is 1. The fourth-order valence-electron chi connectivity index (χ4n) is 1.95. The van der Waals surface area contributed by atoms with Gasteiger partial charge in [0, 0.05) is 19.3 Å². The molecule has 1 aliphatic heterocycles. The van der Waals surface area contributed by atoms with Crippen LogP contribution in [0.3, 0.4) is 0 Å². The molecule has 2 aromatic rings. The molecule has 0 bridgehead atoms. The zero-order chi connectivity index (χ0) is 12.4. The van der Waals surface area contributed by atoms with Crippen molar-refractivity contribution in [3.63, 3.8) is 0 Å². The SMILES string of the molecule is N#Cc1ccc(-c2nc(N3CCCC3)no2)nc1. The van der Waals surface area contributed by atoms with E-state index in [2.05, 4.69) is 20.0 Å². The first kappa shape index (κ1) is 10.7. The second-order valence-corrected chi connectivity index (χ2v) is 4.14. The number of pyridine rings is 1. The highest BCUT2D eigenvalue weighted by molar-refractivity contribution is 5.50. The van der Waals surface area contributed by atoms with Gasteiger partial charge in [0.2, 0.25) is 0 Å².